The molecule has 15 heavy (non-hydrogen) atoms. The Hall–Kier alpha value is -0.800. The number of nitrogens with zero attached hydrogens (tertiary/aromatic N) is 1. The molecule has 0 saturated carbocycles. The maximum absolute atomic E-state index is 6.13. The van der Waals surface area contributed by atoms with E-state index < -0.39 is 0 Å². The molecule has 78 valence electrons. The number of halogens is 1. The first-order chi connectivity index (χ1) is 7.27. The van der Waals surface area contributed by atoms with Gasteiger partial charge in [-0.1, -0.05) is 11.6 Å². The van der Waals surface area contributed by atoms with Gasteiger partial charge in [0.2, 0.25) is 0 Å². The fraction of sp³-hybridized carbons (Fsp3) is 0.364. The maximum Gasteiger partial charge on any atom is 0.147 e. The van der Waals surface area contributed by atoms with Crippen LogP contribution in [-0.2, 0) is 6.42 Å². The fourth-order valence-electron chi connectivity index (χ4n) is 2.07. The van der Waals surface area contributed by atoms with Gasteiger partial charge in [-0.3, -0.25) is 0 Å². The summed E-state index contributed by atoms with van der Waals surface area (Å²) in [7, 11) is 0. The van der Waals surface area contributed by atoms with E-state index in [1.165, 1.54) is 10.9 Å². The number of hydrogen-bond acceptors (Lipinski definition) is 3. The third kappa shape index (κ3) is 1.34. The smallest absolute Gasteiger partial charge is 0.147 e. The number of pyridine rings is 1. The molecule has 3 rings (SSSR count). The monoisotopic (exact) mass is 239 g/mol. The Morgan fingerprint density at radius 2 is 2.40 bits per heavy atom. The second kappa shape index (κ2) is 3.35. The van der Waals surface area contributed by atoms with Gasteiger partial charge in [-0.05, 0) is 25.3 Å². The highest BCUT2D eigenvalue weighted by atomic mass is 35.5. The second-order valence-electron chi connectivity index (χ2n) is 3.72. The largest absolute Gasteiger partial charge is 0.492 e. The quantitative estimate of drug-likeness (QED) is 0.656. The zero-order valence-electron chi connectivity index (χ0n) is 8.34. The number of ether oxygens (including phenoxy) is 1. The lowest BCUT2D eigenvalue weighted by Crippen LogP contribution is -1.95. The normalized spacial score (nSPS) is 15.1. The first-order valence-electron chi connectivity index (χ1n) is 4.96. The van der Waals surface area contributed by atoms with E-state index in [-0.39, 0.29) is 0 Å². The van der Waals surface area contributed by atoms with Gasteiger partial charge in [0.15, 0.2) is 0 Å². The Morgan fingerprint density at radius 1 is 1.53 bits per heavy atom. The van der Waals surface area contributed by atoms with Crippen LogP contribution in [0.4, 0.5) is 0 Å². The molecule has 1 aliphatic rings. The van der Waals surface area contributed by atoms with Crippen molar-refractivity contribution in [2.75, 3.05) is 6.61 Å². The highest BCUT2D eigenvalue weighted by Crippen LogP contribution is 2.40. The number of aromatic nitrogens is 1. The molecule has 0 unspecified atom stereocenters. The molecule has 2 aromatic rings. The number of thiophene rings is 1. The van der Waals surface area contributed by atoms with E-state index in [0.29, 0.717) is 5.15 Å². The van der Waals surface area contributed by atoms with Crippen molar-refractivity contribution in [3.8, 4) is 5.75 Å². The molecule has 0 fully saturated rings. The first kappa shape index (κ1) is 9.43. The molecule has 0 radical (unpaired) electrons. The summed E-state index contributed by atoms with van der Waals surface area (Å²) in [5, 5.41) is 3.83. The Labute approximate surface area is 96.8 Å². The summed E-state index contributed by atoms with van der Waals surface area (Å²) < 4.78 is 6.76. The van der Waals surface area contributed by atoms with E-state index in [1.54, 1.807) is 11.3 Å². The van der Waals surface area contributed by atoms with E-state index >= 15 is 0 Å². The molecular formula is C11H10ClNOS. The lowest BCUT2D eigenvalue weighted by Gasteiger charge is -2.05. The van der Waals surface area contributed by atoms with Crippen LogP contribution < -0.4 is 4.74 Å². The van der Waals surface area contributed by atoms with Gasteiger partial charge in [0.25, 0.3) is 0 Å². The van der Waals surface area contributed by atoms with Crippen LogP contribution in [0.25, 0.3) is 10.1 Å². The van der Waals surface area contributed by atoms with Crippen molar-refractivity contribution in [3.63, 3.8) is 0 Å². The van der Waals surface area contributed by atoms with Crippen LogP contribution >= 0.6 is 22.9 Å². The SMILES string of the molecule is Cc1nc(Cl)c2scc3c2c1CCCO3. The highest BCUT2D eigenvalue weighted by molar-refractivity contribution is 7.18. The van der Waals surface area contributed by atoms with Crippen LogP contribution in [0.15, 0.2) is 5.38 Å². The van der Waals surface area contributed by atoms with Gasteiger partial charge >= 0.3 is 0 Å². The lowest BCUT2D eigenvalue weighted by atomic mass is 10.1. The van der Waals surface area contributed by atoms with Gasteiger partial charge < -0.3 is 4.74 Å². The third-order valence-electron chi connectivity index (χ3n) is 2.78. The molecule has 0 atom stereocenters. The molecular weight excluding hydrogens is 230 g/mol. The lowest BCUT2D eigenvalue weighted by molar-refractivity contribution is 0.320. The molecule has 0 aliphatic carbocycles. The summed E-state index contributed by atoms with van der Waals surface area (Å²) in [4.78, 5) is 4.38. The van der Waals surface area contributed by atoms with Crippen LogP contribution in [0.3, 0.4) is 0 Å². The third-order valence-corrected chi connectivity index (χ3v) is 4.13. The van der Waals surface area contributed by atoms with E-state index in [9.17, 15) is 0 Å². The molecule has 2 aromatic heterocycles. The minimum absolute atomic E-state index is 0.605. The summed E-state index contributed by atoms with van der Waals surface area (Å²) >= 11 is 7.74. The van der Waals surface area contributed by atoms with Crippen molar-refractivity contribution < 1.29 is 4.74 Å². The van der Waals surface area contributed by atoms with E-state index in [2.05, 4.69) is 4.98 Å². The molecule has 0 aromatic carbocycles. The van der Waals surface area contributed by atoms with Crippen LogP contribution in [0.2, 0.25) is 5.15 Å². The highest BCUT2D eigenvalue weighted by Gasteiger charge is 2.18. The van der Waals surface area contributed by atoms with Crippen LogP contribution in [0.5, 0.6) is 5.75 Å². The van der Waals surface area contributed by atoms with Crippen LogP contribution in [-0.4, -0.2) is 11.6 Å². The van der Waals surface area contributed by atoms with Crippen molar-refractivity contribution in [2.45, 2.75) is 19.8 Å². The molecule has 1 aliphatic heterocycles. The maximum atomic E-state index is 6.13. The Bertz CT molecular complexity index is 535. The van der Waals surface area contributed by atoms with Crippen molar-refractivity contribution in [3.05, 3.63) is 21.8 Å². The summed E-state index contributed by atoms with van der Waals surface area (Å²) in [6.45, 7) is 2.81. The topological polar surface area (TPSA) is 22.1 Å². The molecule has 0 bridgehead atoms. The Morgan fingerprint density at radius 3 is 3.27 bits per heavy atom. The molecule has 2 nitrogen and oxygen atoms in total. The Kier molecular flexibility index (Phi) is 2.11. The van der Waals surface area contributed by atoms with Gasteiger partial charge in [-0.25, -0.2) is 4.98 Å². The number of aryl methyl sites for hydroxylation is 2. The van der Waals surface area contributed by atoms with Crippen LogP contribution in [0.1, 0.15) is 17.7 Å². The van der Waals surface area contributed by atoms with Crippen molar-refractivity contribution in [1.82, 2.24) is 4.98 Å². The van der Waals surface area contributed by atoms with Crippen molar-refractivity contribution in [2.24, 2.45) is 0 Å². The van der Waals surface area contributed by atoms with Crippen LogP contribution in [0, 0.1) is 6.92 Å². The van der Waals surface area contributed by atoms with Gasteiger partial charge in [0, 0.05) is 16.5 Å². The number of hydrogen-bond donors (Lipinski definition) is 0. The minimum Gasteiger partial charge on any atom is -0.492 e. The first-order valence-corrected chi connectivity index (χ1v) is 6.22. The van der Waals surface area contributed by atoms with Crippen molar-refractivity contribution in [1.29, 1.82) is 0 Å². The molecule has 3 heterocycles. The molecule has 0 N–H and O–H groups in total. The standard InChI is InChI=1S/C11H10ClNOS/c1-6-7-3-2-4-14-8-5-15-10(9(7)8)11(12)13-6/h5H,2-4H2,1H3. The minimum atomic E-state index is 0.605. The number of rotatable bonds is 0. The molecule has 0 spiro atoms. The fourth-order valence-corrected chi connectivity index (χ4v) is 3.32. The Balaban J connectivity index is 2.45. The second-order valence-corrected chi connectivity index (χ2v) is 4.96. The van der Waals surface area contributed by atoms with Crippen molar-refractivity contribution >= 4 is 33.0 Å². The van der Waals surface area contributed by atoms with E-state index in [1.807, 2.05) is 12.3 Å². The van der Waals surface area contributed by atoms with Gasteiger partial charge in [0.1, 0.15) is 10.9 Å². The summed E-state index contributed by atoms with van der Waals surface area (Å²) in [5.41, 5.74) is 2.35. The van der Waals surface area contributed by atoms with E-state index in [0.717, 1.165) is 35.6 Å². The van der Waals surface area contributed by atoms with E-state index in [4.69, 9.17) is 16.3 Å². The molecule has 4 heteroatoms. The predicted molar refractivity (Wildman–Crippen MR) is 63.2 cm³/mol. The predicted octanol–water partition coefficient (Wildman–Crippen LogP) is 3.58. The average Bonchev–Trinajstić information content (AvgIpc) is 2.50. The zero-order chi connectivity index (χ0) is 10.4. The summed E-state index contributed by atoms with van der Waals surface area (Å²) in [6, 6.07) is 0. The van der Waals surface area contributed by atoms with Gasteiger partial charge in [-0.15, -0.1) is 11.3 Å². The zero-order valence-corrected chi connectivity index (χ0v) is 9.91. The van der Waals surface area contributed by atoms with Gasteiger partial charge in [0.05, 0.1) is 11.3 Å². The van der Waals surface area contributed by atoms with Gasteiger partial charge in [-0.2, -0.15) is 0 Å². The molecule has 0 saturated heterocycles. The summed E-state index contributed by atoms with van der Waals surface area (Å²) in [6.07, 6.45) is 2.09. The average molecular weight is 240 g/mol. The molecule has 0 amide bonds. The summed E-state index contributed by atoms with van der Waals surface area (Å²) in [5.74, 6) is 0.981.